The summed E-state index contributed by atoms with van der Waals surface area (Å²) in [6.07, 6.45) is 5.32. The van der Waals surface area contributed by atoms with E-state index in [-0.39, 0.29) is 24.7 Å². The van der Waals surface area contributed by atoms with E-state index in [4.69, 9.17) is 21.1 Å². The Bertz CT molecular complexity index is 844. The van der Waals surface area contributed by atoms with Gasteiger partial charge in [0, 0.05) is 25.8 Å². The fourth-order valence-corrected chi connectivity index (χ4v) is 3.54. The van der Waals surface area contributed by atoms with Gasteiger partial charge in [-0.1, -0.05) is 30.3 Å². The molecule has 3 rings (SSSR count). The van der Waals surface area contributed by atoms with Gasteiger partial charge in [-0.3, -0.25) is 9.48 Å². The highest BCUT2D eigenvalue weighted by molar-refractivity contribution is 6.32. The predicted octanol–water partition coefficient (Wildman–Crippen LogP) is 3.35. The summed E-state index contributed by atoms with van der Waals surface area (Å²) in [6.45, 7) is 10.0. The molecular formula is C21H27ClN4O3. The number of hydrogen-bond donors (Lipinski definition) is 1. The summed E-state index contributed by atoms with van der Waals surface area (Å²) in [5, 5.41) is 8.14. The third-order valence-electron chi connectivity index (χ3n) is 4.55. The minimum Gasteiger partial charge on any atom is -0.488 e. The number of rotatable bonds is 8. The van der Waals surface area contributed by atoms with Crippen LogP contribution in [-0.2, 0) is 22.6 Å². The van der Waals surface area contributed by atoms with Crippen LogP contribution in [0, 0.1) is 0 Å². The van der Waals surface area contributed by atoms with Crippen LogP contribution in [0.5, 0.6) is 5.75 Å². The molecule has 1 aliphatic rings. The molecular weight excluding hydrogens is 392 g/mol. The quantitative estimate of drug-likeness (QED) is 0.666. The molecule has 1 aliphatic heterocycles. The van der Waals surface area contributed by atoms with Gasteiger partial charge in [-0.05, 0) is 31.5 Å². The molecule has 0 spiro atoms. The Kier molecular flexibility index (Phi) is 7.17. The summed E-state index contributed by atoms with van der Waals surface area (Å²) in [7, 11) is 0. The second kappa shape index (κ2) is 9.80. The maximum absolute atomic E-state index is 12.5. The zero-order chi connectivity index (χ0) is 20.8. The summed E-state index contributed by atoms with van der Waals surface area (Å²) in [5.74, 6) is 0.678. The number of carbonyl (C=O) groups is 1. The van der Waals surface area contributed by atoms with Crippen molar-refractivity contribution in [2.24, 2.45) is 0 Å². The van der Waals surface area contributed by atoms with E-state index in [9.17, 15) is 4.79 Å². The van der Waals surface area contributed by atoms with E-state index in [1.807, 2.05) is 43.1 Å². The van der Waals surface area contributed by atoms with Gasteiger partial charge in [0.1, 0.15) is 18.9 Å². The Morgan fingerprint density at radius 1 is 1.41 bits per heavy atom. The van der Waals surface area contributed by atoms with Crippen LogP contribution < -0.4 is 10.1 Å². The van der Waals surface area contributed by atoms with Crippen LogP contribution in [0.1, 0.15) is 19.4 Å². The third kappa shape index (κ3) is 5.98. The number of nitrogens with zero attached hydrogens (tertiary/aromatic N) is 3. The monoisotopic (exact) mass is 418 g/mol. The molecule has 2 heterocycles. The van der Waals surface area contributed by atoms with Gasteiger partial charge >= 0.3 is 0 Å². The molecule has 7 nitrogen and oxygen atoms in total. The highest BCUT2D eigenvalue weighted by Gasteiger charge is 2.25. The number of nitrogens with one attached hydrogen (secondary N) is 1. The average Bonchev–Trinajstić information content (AvgIpc) is 3.12. The summed E-state index contributed by atoms with van der Waals surface area (Å²) in [6, 6.07) is 5.66. The van der Waals surface area contributed by atoms with Crippen LogP contribution in [0.15, 0.2) is 43.2 Å². The minimum absolute atomic E-state index is 0.0449. The van der Waals surface area contributed by atoms with Crippen molar-refractivity contribution >= 4 is 23.2 Å². The molecule has 0 unspecified atom stereocenters. The number of benzene rings is 1. The molecule has 8 heteroatoms. The molecule has 1 amide bonds. The number of carbonyl (C=O) groups excluding carboxylic acids is 1. The summed E-state index contributed by atoms with van der Waals surface area (Å²) >= 11 is 6.25. The van der Waals surface area contributed by atoms with Crippen LogP contribution >= 0.6 is 11.6 Å². The van der Waals surface area contributed by atoms with E-state index >= 15 is 0 Å². The van der Waals surface area contributed by atoms with Crippen molar-refractivity contribution in [3.05, 3.63) is 53.8 Å². The molecule has 1 fully saturated rings. The smallest absolute Gasteiger partial charge is 0.244 e. The number of anilines is 1. The van der Waals surface area contributed by atoms with Crippen molar-refractivity contribution in [3.63, 3.8) is 0 Å². The first kappa shape index (κ1) is 21.2. The van der Waals surface area contributed by atoms with Crippen LogP contribution in [0.4, 0.5) is 5.69 Å². The Hall–Kier alpha value is -2.51. The van der Waals surface area contributed by atoms with Crippen molar-refractivity contribution < 1.29 is 14.3 Å². The van der Waals surface area contributed by atoms with Crippen molar-refractivity contribution in [1.82, 2.24) is 14.7 Å². The Labute approximate surface area is 176 Å². The lowest BCUT2D eigenvalue weighted by Crippen LogP contribution is -2.49. The van der Waals surface area contributed by atoms with Crippen molar-refractivity contribution in [1.29, 1.82) is 0 Å². The Morgan fingerprint density at radius 2 is 2.17 bits per heavy atom. The molecule has 0 bridgehead atoms. The number of morpholine rings is 1. The molecule has 29 heavy (non-hydrogen) atoms. The number of halogens is 1. The lowest BCUT2D eigenvalue weighted by atomic mass is 10.2. The predicted molar refractivity (Wildman–Crippen MR) is 113 cm³/mol. The third-order valence-corrected chi connectivity index (χ3v) is 4.85. The molecule has 0 saturated carbocycles. The van der Waals surface area contributed by atoms with Crippen molar-refractivity contribution in [2.45, 2.75) is 39.1 Å². The van der Waals surface area contributed by atoms with Crippen LogP contribution in [0.2, 0.25) is 5.02 Å². The van der Waals surface area contributed by atoms with Gasteiger partial charge < -0.3 is 19.7 Å². The van der Waals surface area contributed by atoms with Gasteiger partial charge in [0.05, 0.1) is 29.1 Å². The maximum atomic E-state index is 12.5. The van der Waals surface area contributed by atoms with E-state index in [1.165, 1.54) is 0 Å². The lowest BCUT2D eigenvalue weighted by molar-refractivity contribution is -0.144. The first-order chi connectivity index (χ1) is 13.9. The maximum Gasteiger partial charge on any atom is 0.244 e. The molecule has 2 aromatic rings. The van der Waals surface area contributed by atoms with Gasteiger partial charge in [-0.15, -0.1) is 0 Å². The first-order valence-corrected chi connectivity index (χ1v) is 10.0. The molecule has 0 radical (unpaired) electrons. The summed E-state index contributed by atoms with van der Waals surface area (Å²) in [5.41, 5.74) is 1.85. The van der Waals surface area contributed by atoms with Crippen LogP contribution in [0.25, 0.3) is 0 Å². The van der Waals surface area contributed by atoms with Gasteiger partial charge in [0.25, 0.3) is 0 Å². The van der Waals surface area contributed by atoms with Gasteiger partial charge in [-0.2, -0.15) is 5.10 Å². The van der Waals surface area contributed by atoms with Crippen molar-refractivity contribution in [3.8, 4) is 5.75 Å². The van der Waals surface area contributed by atoms with E-state index in [0.717, 1.165) is 11.3 Å². The van der Waals surface area contributed by atoms with Crippen LogP contribution in [0.3, 0.4) is 0 Å². The number of hydrogen-bond acceptors (Lipinski definition) is 5. The number of amides is 1. The molecule has 156 valence electrons. The standard InChI is InChI=1S/C21H27ClN4O3/c1-4-7-28-20-6-5-17(8-19(20)22)9-23-18-10-24-26(13-18)14-21(27)25-11-15(2)29-16(3)12-25/h4-6,8,10,13,15-16,23H,1,7,9,11-12,14H2,2-3H3/t15-,16-/m1/s1. The average molecular weight is 419 g/mol. The van der Waals surface area contributed by atoms with Gasteiger partial charge in [0.2, 0.25) is 5.91 Å². The fraction of sp³-hybridized carbons (Fsp3) is 0.429. The van der Waals surface area contributed by atoms with E-state index in [1.54, 1.807) is 17.0 Å². The molecule has 1 N–H and O–H groups in total. The zero-order valence-electron chi connectivity index (χ0n) is 16.8. The molecule has 0 aliphatic carbocycles. The van der Waals surface area contributed by atoms with Crippen LogP contribution in [-0.4, -0.2) is 52.5 Å². The second-order valence-electron chi connectivity index (χ2n) is 7.20. The second-order valence-corrected chi connectivity index (χ2v) is 7.61. The first-order valence-electron chi connectivity index (χ1n) is 9.66. The number of ether oxygens (including phenoxy) is 2. The Morgan fingerprint density at radius 3 is 2.86 bits per heavy atom. The van der Waals surface area contributed by atoms with E-state index in [2.05, 4.69) is 17.0 Å². The summed E-state index contributed by atoms with van der Waals surface area (Å²) in [4.78, 5) is 14.4. The highest BCUT2D eigenvalue weighted by Crippen LogP contribution is 2.26. The molecule has 1 saturated heterocycles. The summed E-state index contributed by atoms with van der Waals surface area (Å²) < 4.78 is 12.8. The topological polar surface area (TPSA) is 68.6 Å². The SMILES string of the molecule is C=CCOc1ccc(CNc2cnn(CC(=O)N3C[C@@H](C)O[C@H](C)C3)c2)cc1Cl. The molecule has 1 aromatic heterocycles. The zero-order valence-corrected chi connectivity index (χ0v) is 17.6. The lowest BCUT2D eigenvalue weighted by Gasteiger charge is -2.35. The normalized spacial score (nSPS) is 19.1. The van der Waals surface area contributed by atoms with Gasteiger partial charge in [0.15, 0.2) is 0 Å². The van der Waals surface area contributed by atoms with Crippen molar-refractivity contribution in [2.75, 3.05) is 25.0 Å². The Balaban J connectivity index is 1.52. The van der Waals surface area contributed by atoms with E-state index < -0.39 is 0 Å². The largest absolute Gasteiger partial charge is 0.488 e. The number of aromatic nitrogens is 2. The minimum atomic E-state index is 0.0449. The molecule has 1 aromatic carbocycles. The molecule has 2 atom stereocenters. The van der Waals surface area contributed by atoms with Gasteiger partial charge in [-0.25, -0.2) is 0 Å². The van der Waals surface area contributed by atoms with E-state index in [0.29, 0.717) is 37.0 Å². The highest BCUT2D eigenvalue weighted by atomic mass is 35.5. The fourth-order valence-electron chi connectivity index (χ4n) is 3.29.